The maximum Gasteiger partial charge on any atom is 0.224 e. The van der Waals surface area contributed by atoms with Gasteiger partial charge in [-0.2, -0.15) is 9.67 Å². The fraction of sp³-hybridized carbons (Fsp3) is 0.500. The molecule has 0 radical (unpaired) electrons. The number of halogens is 1. The summed E-state index contributed by atoms with van der Waals surface area (Å²) in [5, 5.41) is 7.59. The minimum absolute atomic E-state index is 0.594. The van der Waals surface area contributed by atoms with E-state index in [1.165, 1.54) is 0 Å². The number of aromatic nitrogens is 5. The van der Waals surface area contributed by atoms with Crippen molar-refractivity contribution < 1.29 is 0 Å². The van der Waals surface area contributed by atoms with Crippen LogP contribution in [0.15, 0.2) is 10.7 Å². The van der Waals surface area contributed by atoms with Gasteiger partial charge in [0.2, 0.25) is 5.95 Å². The van der Waals surface area contributed by atoms with Crippen LogP contribution in [0.2, 0.25) is 0 Å². The average molecular weight is 325 g/mol. The van der Waals surface area contributed by atoms with Crippen molar-refractivity contribution in [2.45, 2.75) is 33.6 Å². The third-order valence-corrected chi connectivity index (χ3v) is 3.17. The fourth-order valence-electron chi connectivity index (χ4n) is 1.69. The van der Waals surface area contributed by atoms with E-state index < -0.39 is 0 Å². The molecule has 0 spiro atoms. The van der Waals surface area contributed by atoms with Gasteiger partial charge in [-0.1, -0.05) is 13.8 Å². The number of nitrogens with one attached hydrogen (secondary N) is 1. The summed E-state index contributed by atoms with van der Waals surface area (Å²) in [5.41, 5.74) is 0. The lowest BCUT2D eigenvalue weighted by atomic mass is 10.4. The number of aryl methyl sites for hydroxylation is 2. The molecular weight excluding hydrogens is 308 g/mol. The van der Waals surface area contributed by atoms with Crippen LogP contribution in [0.4, 0.5) is 5.95 Å². The molecule has 102 valence electrons. The molecule has 0 saturated heterocycles. The molecular formula is C12H17BrN6. The molecule has 0 bridgehead atoms. The summed E-state index contributed by atoms with van der Waals surface area (Å²) < 4.78 is 2.59. The van der Waals surface area contributed by atoms with E-state index in [0.29, 0.717) is 5.95 Å². The molecule has 0 atom stereocenters. The topological polar surface area (TPSA) is 68.5 Å². The molecule has 0 aliphatic carbocycles. The third kappa shape index (κ3) is 2.91. The van der Waals surface area contributed by atoms with Crippen molar-refractivity contribution in [3.8, 4) is 5.82 Å². The van der Waals surface area contributed by atoms with Gasteiger partial charge >= 0.3 is 0 Å². The largest absolute Gasteiger partial charge is 0.354 e. The molecule has 19 heavy (non-hydrogen) atoms. The van der Waals surface area contributed by atoms with Crippen LogP contribution in [-0.2, 0) is 12.8 Å². The normalized spacial score (nSPS) is 10.7. The van der Waals surface area contributed by atoms with Gasteiger partial charge in [-0.25, -0.2) is 9.97 Å². The second kappa shape index (κ2) is 6.10. The molecule has 7 heteroatoms. The molecule has 2 aromatic rings. The minimum Gasteiger partial charge on any atom is -0.354 e. The fourth-order valence-corrected chi connectivity index (χ4v) is 2.05. The van der Waals surface area contributed by atoms with E-state index >= 15 is 0 Å². The quantitative estimate of drug-likeness (QED) is 0.914. The number of rotatable bonds is 5. The van der Waals surface area contributed by atoms with E-state index in [1.807, 2.05) is 13.8 Å². The molecule has 0 fully saturated rings. The average Bonchev–Trinajstić information content (AvgIpc) is 2.84. The van der Waals surface area contributed by atoms with Crippen molar-refractivity contribution in [3.05, 3.63) is 22.3 Å². The van der Waals surface area contributed by atoms with Crippen LogP contribution in [0.3, 0.4) is 0 Å². The molecule has 0 aliphatic heterocycles. The first-order chi connectivity index (χ1) is 9.19. The van der Waals surface area contributed by atoms with Crippen LogP contribution in [0.1, 0.15) is 32.4 Å². The third-order valence-electron chi connectivity index (χ3n) is 2.61. The molecule has 0 unspecified atom stereocenters. The Morgan fingerprint density at radius 1 is 1.21 bits per heavy atom. The maximum absolute atomic E-state index is 4.49. The van der Waals surface area contributed by atoms with Gasteiger partial charge in [-0.15, -0.1) is 5.10 Å². The molecule has 2 rings (SSSR count). The van der Waals surface area contributed by atoms with Crippen molar-refractivity contribution >= 4 is 21.9 Å². The highest BCUT2D eigenvalue weighted by Crippen LogP contribution is 2.20. The molecule has 2 heterocycles. The van der Waals surface area contributed by atoms with Crippen molar-refractivity contribution in [1.82, 2.24) is 24.7 Å². The minimum atomic E-state index is 0.594. The Hall–Kier alpha value is -1.50. The molecule has 2 aromatic heterocycles. The highest BCUT2D eigenvalue weighted by Gasteiger charge is 2.14. The number of hydrogen-bond donors (Lipinski definition) is 1. The van der Waals surface area contributed by atoms with Crippen LogP contribution in [0, 0.1) is 0 Å². The van der Waals surface area contributed by atoms with Gasteiger partial charge in [0, 0.05) is 25.6 Å². The summed E-state index contributed by atoms with van der Waals surface area (Å²) in [6.45, 7) is 6.88. The van der Waals surface area contributed by atoms with Gasteiger partial charge in [0.1, 0.15) is 5.82 Å². The Morgan fingerprint density at radius 2 is 2.00 bits per heavy atom. The van der Waals surface area contributed by atoms with Gasteiger partial charge in [0.05, 0.1) is 4.47 Å². The second-order valence-corrected chi connectivity index (χ2v) is 4.81. The summed E-state index contributed by atoms with van der Waals surface area (Å²) in [5.74, 6) is 3.04. The molecule has 1 N–H and O–H groups in total. The highest BCUT2D eigenvalue weighted by atomic mass is 79.9. The standard InChI is InChI=1S/C12H17BrN6/c1-4-9-16-10(5-2)19(18-9)11-8(13)7-15-12(17-11)14-6-3/h7H,4-6H2,1-3H3,(H,14,15,17). The highest BCUT2D eigenvalue weighted by molar-refractivity contribution is 9.10. The van der Waals surface area contributed by atoms with Crippen LogP contribution in [0.5, 0.6) is 0 Å². The van der Waals surface area contributed by atoms with E-state index in [1.54, 1.807) is 10.9 Å². The van der Waals surface area contributed by atoms with Crippen LogP contribution >= 0.6 is 15.9 Å². The Labute approximate surface area is 120 Å². The van der Waals surface area contributed by atoms with Crippen LogP contribution in [0.25, 0.3) is 5.82 Å². The van der Waals surface area contributed by atoms with E-state index in [2.05, 4.69) is 48.2 Å². The Balaban J connectivity index is 2.50. The first-order valence-electron chi connectivity index (χ1n) is 6.41. The van der Waals surface area contributed by atoms with E-state index in [4.69, 9.17) is 0 Å². The van der Waals surface area contributed by atoms with Gasteiger partial charge < -0.3 is 5.32 Å². The number of nitrogens with zero attached hydrogens (tertiary/aromatic N) is 5. The van der Waals surface area contributed by atoms with Crippen LogP contribution < -0.4 is 5.32 Å². The summed E-state index contributed by atoms with van der Waals surface area (Å²) in [6.07, 6.45) is 3.34. The zero-order valence-corrected chi connectivity index (χ0v) is 12.9. The van der Waals surface area contributed by atoms with E-state index in [-0.39, 0.29) is 0 Å². The molecule has 6 nitrogen and oxygen atoms in total. The monoisotopic (exact) mass is 324 g/mol. The molecule has 0 aliphatic rings. The Morgan fingerprint density at radius 3 is 2.63 bits per heavy atom. The van der Waals surface area contributed by atoms with Gasteiger partial charge in [-0.3, -0.25) is 0 Å². The van der Waals surface area contributed by atoms with Crippen molar-refractivity contribution in [2.75, 3.05) is 11.9 Å². The van der Waals surface area contributed by atoms with Crippen molar-refractivity contribution in [2.24, 2.45) is 0 Å². The molecule has 0 saturated carbocycles. The first-order valence-corrected chi connectivity index (χ1v) is 7.20. The summed E-state index contributed by atoms with van der Waals surface area (Å²) in [4.78, 5) is 13.2. The lowest BCUT2D eigenvalue weighted by Gasteiger charge is -2.08. The lowest BCUT2D eigenvalue weighted by Crippen LogP contribution is -2.09. The van der Waals surface area contributed by atoms with Crippen LogP contribution in [-0.4, -0.2) is 31.3 Å². The van der Waals surface area contributed by atoms with Crippen molar-refractivity contribution in [3.63, 3.8) is 0 Å². The van der Waals surface area contributed by atoms with Gasteiger partial charge in [-0.05, 0) is 22.9 Å². The Kier molecular flexibility index (Phi) is 4.47. The first kappa shape index (κ1) is 13.9. The lowest BCUT2D eigenvalue weighted by molar-refractivity contribution is 0.762. The van der Waals surface area contributed by atoms with Crippen molar-refractivity contribution in [1.29, 1.82) is 0 Å². The Bertz CT molecular complexity index is 565. The zero-order valence-electron chi connectivity index (χ0n) is 11.3. The predicted octanol–water partition coefficient (Wildman–Crippen LogP) is 2.38. The zero-order chi connectivity index (χ0) is 13.8. The molecule has 0 aromatic carbocycles. The SMILES string of the molecule is CCNc1ncc(Br)c(-n2nc(CC)nc2CC)n1. The van der Waals surface area contributed by atoms with Gasteiger partial charge in [0.25, 0.3) is 0 Å². The molecule has 0 amide bonds. The van der Waals surface area contributed by atoms with E-state index in [0.717, 1.165) is 41.3 Å². The second-order valence-electron chi connectivity index (χ2n) is 3.96. The summed E-state index contributed by atoms with van der Waals surface area (Å²) in [6, 6.07) is 0. The van der Waals surface area contributed by atoms with E-state index in [9.17, 15) is 0 Å². The predicted molar refractivity (Wildman–Crippen MR) is 77.6 cm³/mol. The number of anilines is 1. The van der Waals surface area contributed by atoms with Gasteiger partial charge in [0.15, 0.2) is 11.6 Å². The maximum atomic E-state index is 4.49. The number of hydrogen-bond acceptors (Lipinski definition) is 5. The smallest absolute Gasteiger partial charge is 0.224 e. The summed E-state index contributed by atoms with van der Waals surface area (Å²) in [7, 11) is 0. The summed E-state index contributed by atoms with van der Waals surface area (Å²) >= 11 is 3.47.